The lowest BCUT2D eigenvalue weighted by atomic mass is 9.76. The first-order valence-electron chi connectivity index (χ1n) is 8.00. The molecule has 0 N–H and O–H groups in total. The number of cyclic esters (lactones) is 1. The van der Waals surface area contributed by atoms with Gasteiger partial charge in [-0.2, -0.15) is 0 Å². The normalized spacial score (nSPS) is 33.8. The largest absolute Gasteiger partial charge is 0.466 e. The van der Waals surface area contributed by atoms with E-state index in [0.717, 1.165) is 12.8 Å². The number of esters is 2. The molecular formula is C18H17FO5. The number of carbonyl (C=O) groups excluding carboxylic acids is 2. The predicted molar refractivity (Wildman–Crippen MR) is 81.2 cm³/mol. The first-order valence-corrected chi connectivity index (χ1v) is 8.00. The van der Waals surface area contributed by atoms with E-state index in [2.05, 4.69) is 4.74 Å². The number of methoxy groups -OCH3 is 1. The molecule has 4 rings (SSSR count). The smallest absolute Gasteiger partial charge is 0.330 e. The molecule has 3 fully saturated rings. The Balaban J connectivity index is 1.71. The van der Waals surface area contributed by atoms with E-state index >= 15 is 0 Å². The SMILES string of the molecule is COC(=O)C=Cc1ccc(F)cc1C1OC(=O)C2C3CC[C@H](O3)C12. The summed E-state index contributed by atoms with van der Waals surface area (Å²) in [7, 11) is 1.29. The summed E-state index contributed by atoms with van der Waals surface area (Å²) in [5, 5.41) is 0. The van der Waals surface area contributed by atoms with Crippen LogP contribution in [0, 0.1) is 17.7 Å². The molecule has 0 aromatic heterocycles. The van der Waals surface area contributed by atoms with Gasteiger partial charge < -0.3 is 14.2 Å². The number of carbonyl (C=O) groups is 2. The van der Waals surface area contributed by atoms with Gasteiger partial charge in [0.2, 0.25) is 0 Å². The summed E-state index contributed by atoms with van der Waals surface area (Å²) in [4.78, 5) is 23.6. The molecule has 2 bridgehead atoms. The molecule has 24 heavy (non-hydrogen) atoms. The summed E-state index contributed by atoms with van der Waals surface area (Å²) in [6.07, 6.45) is 3.91. The maximum atomic E-state index is 13.8. The fourth-order valence-corrected chi connectivity index (χ4v) is 4.13. The van der Waals surface area contributed by atoms with Crippen molar-refractivity contribution in [2.24, 2.45) is 11.8 Å². The summed E-state index contributed by atoms with van der Waals surface area (Å²) in [5.74, 6) is -1.55. The third kappa shape index (κ3) is 2.33. The van der Waals surface area contributed by atoms with E-state index in [4.69, 9.17) is 9.47 Å². The van der Waals surface area contributed by atoms with Crippen LogP contribution < -0.4 is 0 Å². The van der Waals surface area contributed by atoms with E-state index in [9.17, 15) is 14.0 Å². The second kappa shape index (κ2) is 5.70. The molecule has 5 atom stereocenters. The highest BCUT2D eigenvalue weighted by Crippen LogP contribution is 2.55. The zero-order valence-electron chi connectivity index (χ0n) is 13.1. The Labute approximate surface area is 138 Å². The molecule has 3 saturated heterocycles. The molecule has 0 spiro atoms. The van der Waals surface area contributed by atoms with Crippen molar-refractivity contribution in [2.75, 3.05) is 7.11 Å². The highest BCUT2D eigenvalue weighted by atomic mass is 19.1. The molecule has 0 amide bonds. The van der Waals surface area contributed by atoms with Crippen LogP contribution in [0.1, 0.15) is 30.1 Å². The number of fused-ring (bicyclic) bond motifs is 5. The molecule has 0 saturated carbocycles. The Hall–Kier alpha value is -2.21. The van der Waals surface area contributed by atoms with E-state index in [-0.39, 0.29) is 30.0 Å². The van der Waals surface area contributed by atoms with Gasteiger partial charge >= 0.3 is 11.9 Å². The van der Waals surface area contributed by atoms with Gasteiger partial charge in [0.25, 0.3) is 0 Å². The quantitative estimate of drug-likeness (QED) is 0.628. The van der Waals surface area contributed by atoms with Crippen molar-refractivity contribution in [1.82, 2.24) is 0 Å². The number of rotatable bonds is 3. The minimum Gasteiger partial charge on any atom is -0.466 e. The Morgan fingerprint density at radius 1 is 1.33 bits per heavy atom. The number of ether oxygens (including phenoxy) is 3. The lowest BCUT2D eigenvalue weighted by Gasteiger charge is -2.23. The molecule has 3 heterocycles. The molecule has 1 aromatic carbocycles. The molecule has 3 aliphatic heterocycles. The summed E-state index contributed by atoms with van der Waals surface area (Å²) in [6, 6.07) is 4.24. The van der Waals surface area contributed by atoms with Crippen molar-refractivity contribution < 1.29 is 28.2 Å². The molecule has 3 aliphatic rings. The van der Waals surface area contributed by atoms with E-state index in [1.165, 1.54) is 25.3 Å². The van der Waals surface area contributed by atoms with Gasteiger partial charge in [0, 0.05) is 17.6 Å². The van der Waals surface area contributed by atoms with Gasteiger partial charge in [-0.05, 0) is 36.6 Å². The van der Waals surface area contributed by atoms with Gasteiger partial charge in [0.1, 0.15) is 11.9 Å². The Morgan fingerprint density at radius 2 is 2.12 bits per heavy atom. The van der Waals surface area contributed by atoms with Crippen molar-refractivity contribution in [3.05, 3.63) is 41.2 Å². The first kappa shape index (κ1) is 15.3. The van der Waals surface area contributed by atoms with Gasteiger partial charge in [0.15, 0.2) is 0 Å². The van der Waals surface area contributed by atoms with Crippen molar-refractivity contribution in [3.8, 4) is 0 Å². The minimum absolute atomic E-state index is 0.0304. The lowest BCUT2D eigenvalue weighted by molar-refractivity contribution is -0.147. The van der Waals surface area contributed by atoms with Crippen LogP contribution in [0.15, 0.2) is 24.3 Å². The second-order valence-electron chi connectivity index (χ2n) is 6.38. The molecule has 4 unspecified atom stereocenters. The number of benzene rings is 1. The third-order valence-electron chi connectivity index (χ3n) is 5.15. The van der Waals surface area contributed by atoms with Crippen LogP contribution in [0.25, 0.3) is 6.08 Å². The zero-order chi connectivity index (χ0) is 16.8. The maximum Gasteiger partial charge on any atom is 0.330 e. The van der Waals surface area contributed by atoms with Gasteiger partial charge in [-0.25, -0.2) is 9.18 Å². The van der Waals surface area contributed by atoms with Crippen LogP contribution >= 0.6 is 0 Å². The van der Waals surface area contributed by atoms with E-state index in [1.54, 1.807) is 12.1 Å². The first-order chi connectivity index (χ1) is 11.6. The van der Waals surface area contributed by atoms with Crippen LogP contribution in [0.4, 0.5) is 4.39 Å². The van der Waals surface area contributed by atoms with Gasteiger partial charge in [-0.15, -0.1) is 0 Å². The highest BCUT2D eigenvalue weighted by molar-refractivity contribution is 5.87. The van der Waals surface area contributed by atoms with Gasteiger partial charge in [-0.3, -0.25) is 4.79 Å². The topological polar surface area (TPSA) is 61.8 Å². The predicted octanol–water partition coefficient (Wildman–Crippen LogP) is 2.40. The van der Waals surface area contributed by atoms with Gasteiger partial charge in [0.05, 0.1) is 25.2 Å². The van der Waals surface area contributed by atoms with Crippen molar-refractivity contribution in [1.29, 1.82) is 0 Å². The molecule has 0 aliphatic carbocycles. The maximum absolute atomic E-state index is 13.8. The lowest BCUT2D eigenvalue weighted by Crippen LogP contribution is -2.28. The summed E-state index contributed by atoms with van der Waals surface area (Å²) in [5.41, 5.74) is 1.19. The van der Waals surface area contributed by atoms with E-state index in [0.29, 0.717) is 11.1 Å². The third-order valence-corrected chi connectivity index (χ3v) is 5.15. The monoisotopic (exact) mass is 332 g/mol. The van der Waals surface area contributed by atoms with Crippen molar-refractivity contribution >= 4 is 18.0 Å². The summed E-state index contributed by atoms with van der Waals surface area (Å²) >= 11 is 0. The van der Waals surface area contributed by atoms with E-state index < -0.39 is 17.9 Å². The van der Waals surface area contributed by atoms with Crippen LogP contribution in [0.2, 0.25) is 0 Å². The Kier molecular flexibility index (Phi) is 3.64. The second-order valence-corrected chi connectivity index (χ2v) is 6.38. The van der Waals surface area contributed by atoms with Crippen LogP contribution in [0.5, 0.6) is 0 Å². The fraction of sp³-hybridized carbons (Fsp3) is 0.444. The van der Waals surface area contributed by atoms with Crippen LogP contribution in [-0.2, 0) is 23.8 Å². The van der Waals surface area contributed by atoms with Crippen LogP contribution in [-0.4, -0.2) is 31.3 Å². The van der Waals surface area contributed by atoms with Crippen molar-refractivity contribution in [3.63, 3.8) is 0 Å². The summed E-state index contributed by atoms with van der Waals surface area (Å²) in [6.45, 7) is 0. The van der Waals surface area contributed by atoms with Gasteiger partial charge in [-0.1, -0.05) is 6.07 Å². The molecule has 6 heteroatoms. The highest BCUT2D eigenvalue weighted by Gasteiger charge is 2.61. The number of hydrogen-bond acceptors (Lipinski definition) is 5. The van der Waals surface area contributed by atoms with Crippen LogP contribution in [0.3, 0.4) is 0 Å². The molecular weight excluding hydrogens is 315 g/mol. The van der Waals surface area contributed by atoms with Crippen molar-refractivity contribution in [2.45, 2.75) is 31.2 Å². The number of hydrogen-bond donors (Lipinski definition) is 0. The average Bonchev–Trinajstić information content (AvgIpc) is 3.27. The molecule has 126 valence electrons. The standard InChI is InChI=1S/C18H17FO5/c1-22-14(20)7-3-9-2-4-10(19)8-11(9)17-15-12-5-6-13(23-12)16(15)18(21)24-17/h2-4,7-8,12-13,15-17H,5-6H2,1H3/t12-,13?,15?,16?,17?/m0/s1. The fourth-order valence-electron chi connectivity index (χ4n) is 4.13. The average molecular weight is 332 g/mol. The minimum atomic E-state index is -0.550. The molecule has 5 nitrogen and oxygen atoms in total. The molecule has 0 radical (unpaired) electrons. The zero-order valence-corrected chi connectivity index (χ0v) is 13.1. The Morgan fingerprint density at radius 3 is 2.92 bits per heavy atom. The summed E-state index contributed by atoms with van der Waals surface area (Å²) < 4.78 is 29.8. The molecule has 1 aromatic rings. The Bertz CT molecular complexity index is 728. The van der Waals surface area contributed by atoms with E-state index in [1.807, 2.05) is 0 Å². The number of halogens is 1.